The fraction of sp³-hybridized carbons (Fsp3) is 1.00. The van der Waals surface area contributed by atoms with Gasteiger partial charge in [-0.15, -0.1) is 0 Å². The lowest BCUT2D eigenvalue weighted by atomic mass is 9.94. The quantitative estimate of drug-likeness (QED) is 0.626. The normalized spacial score (nSPS) is 19.6. The first-order valence-electron chi connectivity index (χ1n) is 6.63. The summed E-state index contributed by atoms with van der Waals surface area (Å²) in [5.74, 6) is 0.946. The molecule has 0 bridgehead atoms. The Hall–Kier alpha value is -0.0800. The van der Waals surface area contributed by atoms with Crippen LogP contribution < -0.4 is 5.32 Å². The van der Waals surface area contributed by atoms with Crippen LogP contribution in [-0.4, -0.2) is 26.3 Å². The van der Waals surface area contributed by atoms with E-state index in [1.807, 2.05) is 0 Å². The summed E-state index contributed by atoms with van der Waals surface area (Å²) in [4.78, 5) is 0. The van der Waals surface area contributed by atoms with Gasteiger partial charge in [-0.2, -0.15) is 0 Å². The molecule has 0 heterocycles. The Morgan fingerprint density at radius 3 is 2.60 bits per heavy atom. The molecule has 1 aliphatic rings. The minimum Gasteiger partial charge on any atom is -0.382 e. The summed E-state index contributed by atoms with van der Waals surface area (Å²) in [6, 6.07) is 0.758. The summed E-state index contributed by atoms with van der Waals surface area (Å²) in [5, 5.41) is 3.49. The van der Waals surface area contributed by atoms with Crippen LogP contribution in [0.1, 0.15) is 51.9 Å². The number of rotatable bonds is 8. The van der Waals surface area contributed by atoms with Crippen molar-refractivity contribution in [3.8, 4) is 0 Å². The molecule has 0 aromatic carbocycles. The summed E-state index contributed by atoms with van der Waals surface area (Å²) >= 11 is 0. The molecule has 1 aliphatic carbocycles. The number of hydrogen-bond acceptors (Lipinski definition) is 2. The van der Waals surface area contributed by atoms with E-state index in [-0.39, 0.29) is 0 Å². The van der Waals surface area contributed by atoms with Crippen LogP contribution in [0.2, 0.25) is 0 Å². The van der Waals surface area contributed by atoms with E-state index in [0.29, 0.717) is 0 Å². The molecule has 0 radical (unpaired) electrons. The second-order valence-electron chi connectivity index (χ2n) is 4.63. The molecule has 1 fully saturated rings. The predicted octanol–water partition coefficient (Wildman–Crippen LogP) is 2.97. The third-order valence-electron chi connectivity index (χ3n) is 3.60. The van der Waals surface area contributed by atoms with Gasteiger partial charge in [-0.1, -0.05) is 12.8 Å². The summed E-state index contributed by atoms with van der Waals surface area (Å²) < 4.78 is 5.35. The van der Waals surface area contributed by atoms with Gasteiger partial charge in [0.1, 0.15) is 0 Å². The van der Waals surface area contributed by atoms with Crippen molar-refractivity contribution in [3.63, 3.8) is 0 Å². The Morgan fingerprint density at radius 1 is 1.27 bits per heavy atom. The number of ether oxygens (including phenoxy) is 1. The van der Waals surface area contributed by atoms with Crippen LogP contribution in [0.3, 0.4) is 0 Å². The number of unbranched alkanes of at least 4 members (excludes halogenated alkanes) is 1. The SMILES string of the molecule is CCOCCCCC(NC)C1CCCC1. The van der Waals surface area contributed by atoms with E-state index >= 15 is 0 Å². The minimum atomic E-state index is 0.758. The first kappa shape index (κ1) is 13.0. The van der Waals surface area contributed by atoms with Crippen LogP contribution in [-0.2, 0) is 4.74 Å². The van der Waals surface area contributed by atoms with E-state index in [2.05, 4.69) is 19.3 Å². The topological polar surface area (TPSA) is 21.3 Å². The van der Waals surface area contributed by atoms with Crippen molar-refractivity contribution in [2.45, 2.75) is 57.9 Å². The molecular weight excluding hydrogens is 186 g/mol. The van der Waals surface area contributed by atoms with Crippen LogP contribution >= 0.6 is 0 Å². The maximum Gasteiger partial charge on any atom is 0.0465 e. The van der Waals surface area contributed by atoms with Gasteiger partial charge >= 0.3 is 0 Å². The van der Waals surface area contributed by atoms with Crippen molar-refractivity contribution in [2.75, 3.05) is 20.3 Å². The zero-order valence-electron chi connectivity index (χ0n) is 10.4. The molecule has 1 N–H and O–H groups in total. The van der Waals surface area contributed by atoms with Crippen molar-refractivity contribution in [2.24, 2.45) is 5.92 Å². The Bertz CT molecular complexity index is 143. The number of nitrogens with one attached hydrogen (secondary N) is 1. The van der Waals surface area contributed by atoms with Crippen LogP contribution in [0.5, 0.6) is 0 Å². The molecule has 1 atom stereocenters. The molecule has 1 rings (SSSR count). The Morgan fingerprint density at radius 2 is 2.00 bits per heavy atom. The van der Waals surface area contributed by atoms with E-state index in [9.17, 15) is 0 Å². The van der Waals surface area contributed by atoms with Crippen molar-refractivity contribution < 1.29 is 4.74 Å². The summed E-state index contributed by atoms with van der Waals surface area (Å²) in [7, 11) is 2.12. The third kappa shape index (κ3) is 4.98. The zero-order valence-corrected chi connectivity index (χ0v) is 10.4. The molecule has 2 nitrogen and oxygen atoms in total. The van der Waals surface area contributed by atoms with Gasteiger partial charge < -0.3 is 10.1 Å². The Balaban J connectivity index is 2.05. The molecule has 90 valence electrons. The van der Waals surface area contributed by atoms with Gasteiger partial charge in [0.2, 0.25) is 0 Å². The van der Waals surface area contributed by atoms with Gasteiger partial charge in [0.25, 0.3) is 0 Å². The molecule has 0 saturated heterocycles. The average molecular weight is 213 g/mol. The minimum absolute atomic E-state index is 0.758. The van der Waals surface area contributed by atoms with Gasteiger partial charge in [0.05, 0.1) is 0 Å². The highest BCUT2D eigenvalue weighted by molar-refractivity contribution is 4.79. The van der Waals surface area contributed by atoms with E-state index in [4.69, 9.17) is 4.74 Å². The van der Waals surface area contributed by atoms with Gasteiger partial charge in [-0.25, -0.2) is 0 Å². The highest BCUT2D eigenvalue weighted by atomic mass is 16.5. The van der Waals surface area contributed by atoms with Crippen LogP contribution in [0, 0.1) is 5.92 Å². The second kappa shape index (κ2) is 8.12. The van der Waals surface area contributed by atoms with E-state index in [1.165, 1.54) is 44.9 Å². The lowest BCUT2D eigenvalue weighted by Crippen LogP contribution is -2.32. The Kier molecular flexibility index (Phi) is 7.03. The standard InChI is InChI=1S/C13H27NO/c1-3-15-11-7-6-10-13(14-2)12-8-4-5-9-12/h12-14H,3-11H2,1-2H3. The van der Waals surface area contributed by atoms with Gasteiger partial charge in [0, 0.05) is 19.3 Å². The monoisotopic (exact) mass is 213 g/mol. The van der Waals surface area contributed by atoms with E-state index < -0.39 is 0 Å². The zero-order chi connectivity index (χ0) is 10.9. The van der Waals surface area contributed by atoms with E-state index in [1.54, 1.807) is 0 Å². The number of hydrogen-bond donors (Lipinski definition) is 1. The van der Waals surface area contributed by atoms with Crippen LogP contribution in [0.4, 0.5) is 0 Å². The van der Waals surface area contributed by atoms with Crippen molar-refractivity contribution in [1.29, 1.82) is 0 Å². The lowest BCUT2D eigenvalue weighted by Gasteiger charge is -2.22. The van der Waals surface area contributed by atoms with Crippen molar-refractivity contribution in [3.05, 3.63) is 0 Å². The molecular formula is C13H27NO. The predicted molar refractivity (Wildman–Crippen MR) is 65.1 cm³/mol. The van der Waals surface area contributed by atoms with Gasteiger partial charge in [-0.3, -0.25) is 0 Å². The fourth-order valence-corrected chi connectivity index (χ4v) is 2.69. The lowest BCUT2D eigenvalue weighted by molar-refractivity contribution is 0.141. The molecule has 1 unspecified atom stereocenters. The van der Waals surface area contributed by atoms with Crippen LogP contribution in [0.25, 0.3) is 0 Å². The third-order valence-corrected chi connectivity index (χ3v) is 3.60. The maximum absolute atomic E-state index is 5.35. The van der Waals surface area contributed by atoms with Crippen LogP contribution in [0.15, 0.2) is 0 Å². The summed E-state index contributed by atoms with van der Waals surface area (Å²) in [6.07, 6.45) is 9.63. The molecule has 0 aliphatic heterocycles. The first-order chi connectivity index (χ1) is 7.38. The van der Waals surface area contributed by atoms with Crippen molar-refractivity contribution in [1.82, 2.24) is 5.32 Å². The molecule has 0 aromatic heterocycles. The fourth-order valence-electron chi connectivity index (χ4n) is 2.69. The highest BCUT2D eigenvalue weighted by Gasteiger charge is 2.22. The Labute approximate surface area is 94.8 Å². The maximum atomic E-state index is 5.35. The van der Waals surface area contributed by atoms with Crippen molar-refractivity contribution >= 4 is 0 Å². The summed E-state index contributed by atoms with van der Waals surface area (Å²) in [6.45, 7) is 3.87. The van der Waals surface area contributed by atoms with E-state index in [0.717, 1.165) is 25.2 Å². The smallest absolute Gasteiger partial charge is 0.0465 e. The molecule has 15 heavy (non-hydrogen) atoms. The van der Waals surface area contributed by atoms with Gasteiger partial charge in [0.15, 0.2) is 0 Å². The molecule has 2 heteroatoms. The molecule has 0 amide bonds. The highest BCUT2D eigenvalue weighted by Crippen LogP contribution is 2.29. The molecule has 0 aromatic rings. The summed E-state index contributed by atoms with van der Waals surface area (Å²) in [5.41, 5.74) is 0. The van der Waals surface area contributed by atoms with Gasteiger partial charge in [-0.05, 0) is 52.0 Å². The first-order valence-corrected chi connectivity index (χ1v) is 6.63. The molecule has 1 saturated carbocycles. The second-order valence-corrected chi connectivity index (χ2v) is 4.63. The average Bonchev–Trinajstić information content (AvgIpc) is 2.77. The largest absolute Gasteiger partial charge is 0.382 e. The molecule has 0 spiro atoms.